The average Bonchev–Trinajstić information content (AvgIpc) is 2.19. The van der Waals surface area contributed by atoms with Crippen LogP contribution in [0.15, 0.2) is 24.3 Å². The summed E-state index contributed by atoms with van der Waals surface area (Å²) in [7, 11) is 1.66. The molecule has 0 aromatic heterocycles. The van der Waals surface area contributed by atoms with E-state index in [1.165, 1.54) is 0 Å². The molecule has 1 aliphatic rings. The highest BCUT2D eigenvalue weighted by Crippen LogP contribution is 2.01. The molecule has 0 aromatic carbocycles. The molecule has 0 spiro atoms. The zero-order valence-corrected chi connectivity index (χ0v) is 7.92. The Balaban J connectivity index is 2.09. The summed E-state index contributed by atoms with van der Waals surface area (Å²) in [6, 6.07) is 0.398. The molecule has 0 aromatic rings. The number of rotatable bonds is 4. The van der Waals surface area contributed by atoms with Crippen molar-refractivity contribution in [2.45, 2.75) is 18.9 Å². The van der Waals surface area contributed by atoms with Crippen LogP contribution in [0.3, 0.4) is 0 Å². The lowest BCUT2D eigenvalue weighted by atomic mass is 10.1. The maximum atomic E-state index is 10.9. The summed E-state index contributed by atoms with van der Waals surface area (Å²) < 4.78 is 0. The summed E-state index contributed by atoms with van der Waals surface area (Å²) in [5.41, 5.74) is 0. The molecule has 72 valence electrons. The first-order valence-electron chi connectivity index (χ1n) is 4.60. The van der Waals surface area contributed by atoms with E-state index in [9.17, 15) is 4.79 Å². The molecule has 1 unspecified atom stereocenters. The number of amides is 1. The molecule has 0 aliphatic heterocycles. The Morgan fingerprint density at radius 2 is 2.38 bits per heavy atom. The molecule has 0 saturated heterocycles. The minimum Gasteiger partial charge on any atom is -0.359 e. The van der Waals surface area contributed by atoms with E-state index in [0.717, 1.165) is 13.0 Å². The molecular weight excluding hydrogens is 164 g/mol. The van der Waals surface area contributed by atoms with Crippen molar-refractivity contribution in [3.05, 3.63) is 24.3 Å². The van der Waals surface area contributed by atoms with Crippen molar-refractivity contribution in [1.29, 1.82) is 0 Å². The van der Waals surface area contributed by atoms with Crippen LogP contribution >= 0.6 is 0 Å². The first kappa shape index (κ1) is 9.99. The highest BCUT2D eigenvalue weighted by atomic mass is 16.1. The maximum Gasteiger partial charge on any atom is 0.221 e. The van der Waals surface area contributed by atoms with Gasteiger partial charge in [0.1, 0.15) is 0 Å². The van der Waals surface area contributed by atoms with E-state index in [2.05, 4.69) is 22.8 Å². The lowest BCUT2D eigenvalue weighted by molar-refractivity contribution is -0.120. The van der Waals surface area contributed by atoms with E-state index in [-0.39, 0.29) is 5.91 Å². The third kappa shape index (κ3) is 3.90. The Bertz CT molecular complexity index is 221. The standard InChI is InChI=1S/C10H16N2O/c1-11-10(13)7-8-12-9-5-3-2-4-6-9/h2-5,9,12H,6-8H2,1H3,(H,11,13). The van der Waals surface area contributed by atoms with Crippen molar-refractivity contribution >= 4 is 5.91 Å². The molecule has 1 amide bonds. The second kappa shape index (κ2) is 5.54. The number of hydrogen-bond donors (Lipinski definition) is 2. The van der Waals surface area contributed by atoms with Crippen LogP contribution < -0.4 is 10.6 Å². The fraction of sp³-hybridized carbons (Fsp3) is 0.500. The topological polar surface area (TPSA) is 41.1 Å². The summed E-state index contributed by atoms with van der Waals surface area (Å²) in [4.78, 5) is 10.9. The van der Waals surface area contributed by atoms with Gasteiger partial charge in [-0.3, -0.25) is 4.79 Å². The summed E-state index contributed by atoms with van der Waals surface area (Å²) in [6.07, 6.45) is 9.87. The molecule has 1 atom stereocenters. The van der Waals surface area contributed by atoms with Crippen LogP contribution in [0, 0.1) is 0 Å². The summed E-state index contributed by atoms with van der Waals surface area (Å²) in [5, 5.41) is 5.88. The molecule has 0 heterocycles. The van der Waals surface area contributed by atoms with Crippen LogP contribution in [0.4, 0.5) is 0 Å². The van der Waals surface area contributed by atoms with Crippen LogP contribution in [0.1, 0.15) is 12.8 Å². The molecule has 13 heavy (non-hydrogen) atoms. The van der Waals surface area contributed by atoms with Gasteiger partial charge in [0.05, 0.1) is 0 Å². The van der Waals surface area contributed by atoms with Crippen molar-refractivity contribution in [1.82, 2.24) is 10.6 Å². The van der Waals surface area contributed by atoms with Crippen molar-refractivity contribution in [2.24, 2.45) is 0 Å². The third-order valence-corrected chi connectivity index (χ3v) is 2.02. The van der Waals surface area contributed by atoms with E-state index in [1.807, 2.05) is 12.2 Å². The predicted molar refractivity (Wildman–Crippen MR) is 53.4 cm³/mol. The van der Waals surface area contributed by atoms with E-state index >= 15 is 0 Å². The molecule has 1 aliphatic carbocycles. The molecule has 0 fully saturated rings. The minimum absolute atomic E-state index is 0.0860. The second-order valence-corrected chi connectivity index (χ2v) is 3.03. The lowest BCUT2D eigenvalue weighted by Crippen LogP contribution is -2.31. The van der Waals surface area contributed by atoms with Gasteiger partial charge in [-0.1, -0.05) is 24.3 Å². The van der Waals surface area contributed by atoms with Gasteiger partial charge in [-0.2, -0.15) is 0 Å². The third-order valence-electron chi connectivity index (χ3n) is 2.02. The van der Waals surface area contributed by atoms with Gasteiger partial charge in [-0.25, -0.2) is 0 Å². The Morgan fingerprint density at radius 1 is 1.54 bits per heavy atom. The predicted octanol–water partition coefficient (Wildman–Crippen LogP) is 0.597. The Labute approximate surface area is 78.9 Å². The van der Waals surface area contributed by atoms with Crippen LogP contribution in [-0.4, -0.2) is 25.5 Å². The summed E-state index contributed by atoms with van der Waals surface area (Å²) >= 11 is 0. The second-order valence-electron chi connectivity index (χ2n) is 3.03. The van der Waals surface area contributed by atoms with Gasteiger partial charge in [0.2, 0.25) is 5.91 Å². The molecule has 0 radical (unpaired) electrons. The lowest BCUT2D eigenvalue weighted by Gasteiger charge is -2.14. The SMILES string of the molecule is CNC(=O)CCNC1C=CC=CC1. The van der Waals surface area contributed by atoms with E-state index in [0.29, 0.717) is 12.5 Å². The molecular formula is C10H16N2O. The summed E-state index contributed by atoms with van der Waals surface area (Å²) in [5.74, 6) is 0.0860. The molecule has 3 heteroatoms. The zero-order chi connectivity index (χ0) is 9.52. The first-order valence-corrected chi connectivity index (χ1v) is 4.60. The molecule has 0 saturated carbocycles. The smallest absolute Gasteiger partial charge is 0.221 e. The van der Waals surface area contributed by atoms with Gasteiger partial charge < -0.3 is 10.6 Å². The fourth-order valence-corrected chi connectivity index (χ4v) is 1.23. The highest BCUT2D eigenvalue weighted by molar-refractivity contribution is 5.75. The van der Waals surface area contributed by atoms with Crippen LogP contribution in [-0.2, 0) is 4.79 Å². The number of allylic oxidation sites excluding steroid dienone is 2. The number of hydrogen-bond acceptors (Lipinski definition) is 2. The van der Waals surface area contributed by atoms with Gasteiger partial charge in [0.15, 0.2) is 0 Å². The Kier molecular flexibility index (Phi) is 4.26. The molecule has 3 nitrogen and oxygen atoms in total. The maximum absolute atomic E-state index is 10.9. The summed E-state index contributed by atoms with van der Waals surface area (Å²) in [6.45, 7) is 0.739. The first-order chi connectivity index (χ1) is 6.33. The fourth-order valence-electron chi connectivity index (χ4n) is 1.23. The van der Waals surface area contributed by atoms with Gasteiger partial charge in [-0.05, 0) is 6.42 Å². The molecule has 0 bridgehead atoms. The highest BCUT2D eigenvalue weighted by Gasteiger charge is 2.04. The number of nitrogens with one attached hydrogen (secondary N) is 2. The van der Waals surface area contributed by atoms with Gasteiger partial charge in [0.25, 0.3) is 0 Å². The van der Waals surface area contributed by atoms with Gasteiger partial charge in [0, 0.05) is 26.1 Å². The van der Waals surface area contributed by atoms with E-state index < -0.39 is 0 Å². The van der Waals surface area contributed by atoms with Crippen molar-refractivity contribution < 1.29 is 4.79 Å². The van der Waals surface area contributed by atoms with Crippen LogP contribution in [0.2, 0.25) is 0 Å². The normalized spacial score (nSPS) is 20.2. The molecule has 2 N–H and O–H groups in total. The quantitative estimate of drug-likeness (QED) is 0.665. The van der Waals surface area contributed by atoms with Crippen LogP contribution in [0.5, 0.6) is 0 Å². The van der Waals surface area contributed by atoms with E-state index in [4.69, 9.17) is 0 Å². The Hall–Kier alpha value is -1.09. The number of carbonyl (C=O) groups is 1. The van der Waals surface area contributed by atoms with Crippen molar-refractivity contribution in [3.63, 3.8) is 0 Å². The van der Waals surface area contributed by atoms with Crippen molar-refractivity contribution in [2.75, 3.05) is 13.6 Å². The van der Waals surface area contributed by atoms with Gasteiger partial charge >= 0.3 is 0 Å². The van der Waals surface area contributed by atoms with E-state index in [1.54, 1.807) is 7.05 Å². The largest absolute Gasteiger partial charge is 0.359 e. The molecule has 1 rings (SSSR count). The van der Waals surface area contributed by atoms with Crippen molar-refractivity contribution in [3.8, 4) is 0 Å². The monoisotopic (exact) mass is 180 g/mol. The average molecular weight is 180 g/mol. The minimum atomic E-state index is 0.0860. The Morgan fingerprint density at radius 3 is 3.00 bits per heavy atom. The number of carbonyl (C=O) groups excluding carboxylic acids is 1. The van der Waals surface area contributed by atoms with Crippen LogP contribution in [0.25, 0.3) is 0 Å². The zero-order valence-electron chi connectivity index (χ0n) is 7.92. The van der Waals surface area contributed by atoms with Gasteiger partial charge in [-0.15, -0.1) is 0 Å².